The summed E-state index contributed by atoms with van der Waals surface area (Å²) in [5.41, 5.74) is 3.80. The van der Waals surface area contributed by atoms with Crippen LogP contribution in [0, 0.1) is 0 Å². The van der Waals surface area contributed by atoms with E-state index in [9.17, 15) is 13.2 Å². The Labute approximate surface area is 70.5 Å². The molecular weight excluding hydrogens is 182 g/mol. The van der Waals surface area contributed by atoms with E-state index in [2.05, 4.69) is 0 Å². The molecule has 0 saturated heterocycles. The van der Waals surface area contributed by atoms with Crippen molar-refractivity contribution in [2.45, 2.75) is 24.1 Å². The second kappa shape index (κ2) is 2.43. The lowest BCUT2D eigenvalue weighted by Crippen LogP contribution is -2.39. The second-order valence-corrected chi connectivity index (χ2v) is 5.46. The summed E-state index contributed by atoms with van der Waals surface area (Å²) in [6, 6.07) is 0. The van der Waals surface area contributed by atoms with E-state index < -0.39 is 26.6 Å². The Morgan fingerprint density at radius 3 is 2.50 bits per heavy atom. The van der Waals surface area contributed by atoms with Gasteiger partial charge >= 0.3 is 5.97 Å². The van der Waals surface area contributed by atoms with Crippen molar-refractivity contribution in [3.63, 3.8) is 0 Å². The summed E-state index contributed by atoms with van der Waals surface area (Å²) in [6.45, 7) is 1.48. The molecule has 0 aromatic rings. The predicted molar refractivity (Wildman–Crippen MR) is 42.4 cm³/mol. The van der Waals surface area contributed by atoms with Gasteiger partial charge in [-0.15, -0.1) is 0 Å². The molecule has 0 radical (unpaired) electrons. The Balaban J connectivity index is 2.83. The standard InChI is InChI=1S/C6H11NO4S/c1-2-12(10,11)4-3-6(4,7)5(8)9/h4H,2-3,7H2,1H3,(H,8,9)/t4-,6+/m1/s1. The topological polar surface area (TPSA) is 97.5 Å². The highest BCUT2D eigenvalue weighted by Gasteiger charge is 2.63. The van der Waals surface area contributed by atoms with Crippen LogP contribution < -0.4 is 5.73 Å². The monoisotopic (exact) mass is 193 g/mol. The fourth-order valence-corrected chi connectivity index (χ4v) is 2.80. The van der Waals surface area contributed by atoms with Gasteiger partial charge in [-0.25, -0.2) is 8.42 Å². The first-order chi connectivity index (χ1) is 5.34. The Morgan fingerprint density at radius 2 is 2.25 bits per heavy atom. The second-order valence-electron chi connectivity index (χ2n) is 2.99. The summed E-state index contributed by atoms with van der Waals surface area (Å²) in [4.78, 5) is 10.5. The molecule has 70 valence electrons. The number of aliphatic carboxylic acids is 1. The highest BCUT2D eigenvalue weighted by Crippen LogP contribution is 2.40. The van der Waals surface area contributed by atoms with E-state index >= 15 is 0 Å². The molecule has 12 heavy (non-hydrogen) atoms. The van der Waals surface area contributed by atoms with Gasteiger partial charge in [-0.3, -0.25) is 4.79 Å². The van der Waals surface area contributed by atoms with Crippen LogP contribution in [0.4, 0.5) is 0 Å². The van der Waals surface area contributed by atoms with Crippen molar-refractivity contribution in [1.82, 2.24) is 0 Å². The number of nitrogens with two attached hydrogens (primary N) is 1. The van der Waals surface area contributed by atoms with Crippen molar-refractivity contribution in [1.29, 1.82) is 0 Å². The van der Waals surface area contributed by atoms with E-state index in [0.29, 0.717) is 0 Å². The third-order valence-corrected chi connectivity index (χ3v) is 4.43. The molecule has 1 rings (SSSR count). The van der Waals surface area contributed by atoms with Gasteiger partial charge in [0.1, 0.15) is 5.54 Å². The molecule has 6 heteroatoms. The van der Waals surface area contributed by atoms with Gasteiger partial charge in [0.2, 0.25) is 0 Å². The first-order valence-corrected chi connectivity index (χ1v) is 5.30. The third-order valence-electron chi connectivity index (χ3n) is 2.17. The Kier molecular flexibility index (Phi) is 1.92. The van der Waals surface area contributed by atoms with Crippen molar-refractivity contribution < 1.29 is 18.3 Å². The first-order valence-electron chi connectivity index (χ1n) is 3.58. The van der Waals surface area contributed by atoms with Crippen LogP contribution in [0.25, 0.3) is 0 Å². The third kappa shape index (κ3) is 1.21. The average Bonchev–Trinajstić information content (AvgIpc) is 2.65. The minimum absolute atomic E-state index is 0.0402. The van der Waals surface area contributed by atoms with Gasteiger partial charge in [0, 0.05) is 5.75 Å². The van der Waals surface area contributed by atoms with Gasteiger partial charge in [0.05, 0.1) is 5.25 Å². The van der Waals surface area contributed by atoms with E-state index in [0.717, 1.165) is 0 Å². The molecule has 0 bridgehead atoms. The maximum absolute atomic E-state index is 11.1. The Morgan fingerprint density at radius 1 is 1.75 bits per heavy atom. The van der Waals surface area contributed by atoms with E-state index in [-0.39, 0.29) is 12.2 Å². The zero-order valence-electron chi connectivity index (χ0n) is 6.65. The lowest BCUT2D eigenvalue weighted by atomic mass is 10.3. The van der Waals surface area contributed by atoms with Gasteiger partial charge < -0.3 is 10.8 Å². The summed E-state index contributed by atoms with van der Waals surface area (Å²) in [5, 5.41) is 7.67. The quantitative estimate of drug-likeness (QED) is 0.597. The minimum atomic E-state index is -3.28. The lowest BCUT2D eigenvalue weighted by molar-refractivity contribution is -0.139. The molecule has 0 heterocycles. The van der Waals surface area contributed by atoms with Gasteiger partial charge in [-0.2, -0.15) is 0 Å². The molecule has 0 unspecified atom stereocenters. The zero-order valence-corrected chi connectivity index (χ0v) is 7.47. The number of carboxylic acids is 1. The molecule has 1 saturated carbocycles. The van der Waals surface area contributed by atoms with Crippen molar-refractivity contribution >= 4 is 15.8 Å². The van der Waals surface area contributed by atoms with Crippen LogP contribution in [0.5, 0.6) is 0 Å². The Bertz CT molecular complexity index is 310. The van der Waals surface area contributed by atoms with Crippen LogP contribution in [0.3, 0.4) is 0 Å². The largest absolute Gasteiger partial charge is 0.480 e. The molecule has 1 fully saturated rings. The minimum Gasteiger partial charge on any atom is -0.480 e. The predicted octanol–water partition coefficient (Wildman–Crippen LogP) is -1.02. The molecule has 3 N–H and O–H groups in total. The van der Waals surface area contributed by atoms with Crippen molar-refractivity contribution in [2.24, 2.45) is 5.73 Å². The molecule has 5 nitrogen and oxygen atoms in total. The SMILES string of the molecule is CCS(=O)(=O)[C@@H]1C[C@@]1(N)C(=O)O. The number of rotatable bonds is 3. The van der Waals surface area contributed by atoms with Gasteiger partial charge in [-0.1, -0.05) is 6.92 Å². The molecular formula is C6H11NO4S. The molecule has 1 aliphatic rings. The molecule has 2 atom stereocenters. The van der Waals surface area contributed by atoms with Crippen LogP contribution in [0.1, 0.15) is 13.3 Å². The summed E-state index contributed by atoms with van der Waals surface area (Å²) in [6.07, 6.45) is 0.0402. The smallest absolute Gasteiger partial charge is 0.325 e. The average molecular weight is 193 g/mol. The summed E-state index contributed by atoms with van der Waals surface area (Å²) in [5.74, 6) is -1.28. The molecule has 0 aromatic carbocycles. The van der Waals surface area contributed by atoms with Crippen LogP contribution in [0.2, 0.25) is 0 Å². The van der Waals surface area contributed by atoms with Crippen LogP contribution in [0.15, 0.2) is 0 Å². The molecule has 0 aromatic heterocycles. The number of carboxylic acid groups (broad SMARTS) is 1. The summed E-state index contributed by atoms with van der Waals surface area (Å²) in [7, 11) is -3.28. The van der Waals surface area contributed by atoms with Crippen LogP contribution in [-0.4, -0.2) is 36.0 Å². The molecule has 1 aliphatic carbocycles. The fourth-order valence-electron chi connectivity index (χ4n) is 1.12. The first kappa shape index (κ1) is 9.47. The molecule has 0 amide bonds. The maximum Gasteiger partial charge on any atom is 0.325 e. The number of hydrogen-bond donors (Lipinski definition) is 2. The number of carbonyl (C=O) groups is 1. The van der Waals surface area contributed by atoms with Crippen LogP contribution >= 0.6 is 0 Å². The van der Waals surface area contributed by atoms with Crippen molar-refractivity contribution in [2.75, 3.05) is 5.75 Å². The van der Waals surface area contributed by atoms with Gasteiger partial charge in [0.25, 0.3) is 0 Å². The van der Waals surface area contributed by atoms with Gasteiger partial charge in [0.15, 0.2) is 9.84 Å². The van der Waals surface area contributed by atoms with Crippen molar-refractivity contribution in [3.05, 3.63) is 0 Å². The maximum atomic E-state index is 11.1. The summed E-state index contributed by atoms with van der Waals surface area (Å²) >= 11 is 0. The Hall–Kier alpha value is -0.620. The fraction of sp³-hybridized carbons (Fsp3) is 0.833. The number of sulfone groups is 1. The van der Waals surface area contributed by atoms with E-state index in [4.69, 9.17) is 10.8 Å². The highest BCUT2D eigenvalue weighted by molar-refractivity contribution is 7.92. The van der Waals surface area contributed by atoms with Crippen molar-refractivity contribution in [3.8, 4) is 0 Å². The number of hydrogen-bond acceptors (Lipinski definition) is 4. The normalized spacial score (nSPS) is 34.7. The van der Waals surface area contributed by atoms with E-state index in [1.807, 2.05) is 0 Å². The lowest BCUT2D eigenvalue weighted by Gasteiger charge is -2.04. The van der Waals surface area contributed by atoms with E-state index in [1.165, 1.54) is 6.92 Å². The molecule has 0 aliphatic heterocycles. The van der Waals surface area contributed by atoms with E-state index in [1.54, 1.807) is 0 Å². The van der Waals surface area contributed by atoms with Gasteiger partial charge in [-0.05, 0) is 6.42 Å². The summed E-state index contributed by atoms with van der Waals surface area (Å²) < 4.78 is 22.3. The van der Waals surface area contributed by atoms with Crippen LogP contribution in [-0.2, 0) is 14.6 Å². The zero-order chi connectivity index (χ0) is 9.57. The molecule has 0 spiro atoms. The highest BCUT2D eigenvalue weighted by atomic mass is 32.2.